The number of allylic oxidation sites excluding steroid dienone is 1. The average molecular weight is 378 g/mol. The summed E-state index contributed by atoms with van der Waals surface area (Å²) in [5.41, 5.74) is 2.18. The van der Waals surface area contributed by atoms with Crippen LogP contribution in [0.1, 0.15) is 16.1 Å². The summed E-state index contributed by atoms with van der Waals surface area (Å²) in [7, 11) is 0. The number of aromatic nitrogens is 2. The first-order valence-electron chi connectivity index (χ1n) is 8.06. The Hall–Kier alpha value is -3.51. The van der Waals surface area contributed by atoms with Gasteiger partial charge >= 0.3 is 0 Å². The van der Waals surface area contributed by atoms with Gasteiger partial charge in [-0.3, -0.25) is 19.9 Å². The standard InChI is InChI=1S/C20H12ClN3O3/c21-15-7-5-12(11-17(15)24(26)27)6-8-18(25)20-19-14(9-10-22-20)13-3-1-2-4-16(13)23-19/h1-11,23H/b8-6+. The van der Waals surface area contributed by atoms with Crippen molar-refractivity contribution in [2.75, 3.05) is 0 Å². The summed E-state index contributed by atoms with van der Waals surface area (Å²) >= 11 is 5.81. The lowest BCUT2D eigenvalue weighted by Crippen LogP contribution is -1.99. The Kier molecular flexibility index (Phi) is 4.18. The molecule has 1 N–H and O–H groups in total. The van der Waals surface area contributed by atoms with E-state index in [0.29, 0.717) is 16.8 Å². The lowest BCUT2D eigenvalue weighted by molar-refractivity contribution is -0.384. The van der Waals surface area contributed by atoms with Gasteiger partial charge in [-0.1, -0.05) is 41.9 Å². The van der Waals surface area contributed by atoms with Crippen molar-refractivity contribution in [1.29, 1.82) is 0 Å². The van der Waals surface area contributed by atoms with Crippen LogP contribution in [0.3, 0.4) is 0 Å². The quantitative estimate of drug-likeness (QED) is 0.230. The molecular formula is C20H12ClN3O3. The van der Waals surface area contributed by atoms with E-state index < -0.39 is 4.92 Å². The topological polar surface area (TPSA) is 88.9 Å². The SMILES string of the molecule is O=C(/C=C/c1ccc(Cl)c([N+](=O)[O-])c1)c1nccc2c1[nH]c1ccccc12. The van der Waals surface area contributed by atoms with E-state index in [0.717, 1.165) is 16.3 Å². The number of fused-ring (bicyclic) bond motifs is 3. The van der Waals surface area contributed by atoms with Gasteiger partial charge in [0.2, 0.25) is 5.78 Å². The first-order chi connectivity index (χ1) is 13.0. The number of ketones is 1. The third-order valence-corrected chi connectivity index (χ3v) is 4.57. The number of nitrogens with one attached hydrogen (secondary N) is 1. The van der Waals surface area contributed by atoms with Crippen LogP contribution >= 0.6 is 11.6 Å². The van der Waals surface area contributed by atoms with Crippen molar-refractivity contribution >= 4 is 51.0 Å². The summed E-state index contributed by atoms with van der Waals surface area (Å²) in [5.74, 6) is -0.301. The molecule has 0 unspecified atom stereocenters. The Balaban J connectivity index is 1.72. The van der Waals surface area contributed by atoms with Gasteiger partial charge in [0, 0.05) is 28.6 Å². The molecule has 0 amide bonds. The zero-order valence-corrected chi connectivity index (χ0v) is 14.6. The average Bonchev–Trinajstić information content (AvgIpc) is 3.05. The van der Waals surface area contributed by atoms with E-state index in [1.165, 1.54) is 24.3 Å². The Bertz CT molecular complexity index is 1240. The van der Waals surface area contributed by atoms with E-state index in [1.54, 1.807) is 12.3 Å². The monoisotopic (exact) mass is 377 g/mol. The van der Waals surface area contributed by atoms with Crippen LogP contribution in [0.5, 0.6) is 0 Å². The largest absolute Gasteiger partial charge is 0.353 e. The van der Waals surface area contributed by atoms with Crippen molar-refractivity contribution in [2.45, 2.75) is 0 Å². The predicted octanol–water partition coefficient (Wildman–Crippen LogP) is 5.17. The maximum Gasteiger partial charge on any atom is 0.288 e. The molecule has 0 aliphatic carbocycles. The van der Waals surface area contributed by atoms with E-state index in [9.17, 15) is 14.9 Å². The van der Waals surface area contributed by atoms with Gasteiger partial charge in [0.15, 0.2) is 0 Å². The summed E-state index contributed by atoms with van der Waals surface area (Å²) in [6, 6.07) is 14.0. The molecule has 27 heavy (non-hydrogen) atoms. The van der Waals surface area contributed by atoms with Gasteiger partial charge in [0.25, 0.3) is 5.69 Å². The highest BCUT2D eigenvalue weighted by Crippen LogP contribution is 2.28. The van der Waals surface area contributed by atoms with Crippen LogP contribution in [0.25, 0.3) is 27.9 Å². The van der Waals surface area contributed by atoms with Gasteiger partial charge in [0.05, 0.1) is 10.4 Å². The molecule has 0 radical (unpaired) electrons. The fraction of sp³-hybridized carbons (Fsp3) is 0. The molecule has 6 nitrogen and oxygen atoms in total. The second kappa shape index (κ2) is 6.66. The van der Waals surface area contributed by atoms with Crippen LogP contribution in [0.4, 0.5) is 5.69 Å². The second-order valence-corrected chi connectivity index (χ2v) is 6.33. The molecule has 7 heteroatoms. The van der Waals surface area contributed by atoms with Crippen molar-refractivity contribution in [3.63, 3.8) is 0 Å². The van der Waals surface area contributed by atoms with Crippen molar-refractivity contribution in [3.05, 3.63) is 87.2 Å². The molecule has 2 aromatic heterocycles. The van der Waals surface area contributed by atoms with Crippen molar-refractivity contribution < 1.29 is 9.72 Å². The number of H-pyrrole nitrogens is 1. The molecule has 0 fully saturated rings. The molecule has 0 aliphatic rings. The van der Waals surface area contributed by atoms with Gasteiger partial charge in [0.1, 0.15) is 10.7 Å². The zero-order valence-electron chi connectivity index (χ0n) is 13.8. The first kappa shape index (κ1) is 16.9. The summed E-state index contributed by atoms with van der Waals surface area (Å²) in [4.78, 5) is 30.5. The summed E-state index contributed by atoms with van der Waals surface area (Å²) in [6.07, 6.45) is 4.45. The number of hydrogen-bond donors (Lipinski definition) is 1. The molecule has 0 aliphatic heterocycles. The van der Waals surface area contributed by atoms with Crippen molar-refractivity contribution in [1.82, 2.24) is 9.97 Å². The summed E-state index contributed by atoms with van der Waals surface area (Å²) in [6.45, 7) is 0. The molecule has 0 saturated carbocycles. The lowest BCUT2D eigenvalue weighted by atomic mass is 10.1. The van der Waals surface area contributed by atoms with Gasteiger partial charge in [-0.15, -0.1) is 0 Å². The normalized spacial score (nSPS) is 11.4. The molecule has 4 rings (SSSR count). The number of nitrogens with zero attached hydrogens (tertiary/aromatic N) is 2. The molecule has 0 spiro atoms. The van der Waals surface area contributed by atoms with E-state index in [-0.39, 0.29) is 16.5 Å². The van der Waals surface area contributed by atoms with E-state index in [2.05, 4.69) is 9.97 Å². The van der Waals surface area contributed by atoms with Gasteiger partial charge in [-0.25, -0.2) is 0 Å². The number of carbonyl (C=O) groups excluding carboxylic acids is 1. The van der Waals surface area contributed by atoms with Crippen LogP contribution in [-0.2, 0) is 0 Å². The Labute approximate surface area is 158 Å². The van der Waals surface area contributed by atoms with Crippen LogP contribution < -0.4 is 0 Å². The Morgan fingerprint density at radius 1 is 1.15 bits per heavy atom. The summed E-state index contributed by atoms with van der Waals surface area (Å²) < 4.78 is 0. The minimum atomic E-state index is -0.561. The first-order valence-corrected chi connectivity index (χ1v) is 8.44. The molecule has 2 aromatic carbocycles. The van der Waals surface area contributed by atoms with Crippen molar-refractivity contribution in [2.24, 2.45) is 0 Å². The maximum absolute atomic E-state index is 12.7. The number of nitro benzene ring substituents is 1. The van der Waals surface area contributed by atoms with Crippen molar-refractivity contribution in [3.8, 4) is 0 Å². The number of pyridine rings is 1. The number of hydrogen-bond acceptors (Lipinski definition) is 4. The molecule has 132 valence electrons. The smallest absolute Gasteiger partial charge is 0.288 e. The molecule has 4 aromatic rings. The number of rotatable bonds is 4. The highest BCUT2D eigenvalue weighted by atomic mass is 35.5. The fourth-order valence-corrected chi connectivity index (χ4v) is 3.17. The number of carbonyl (C=O) groups is 1. The van der Waals surface area contributed by atoms with Gasteiger partial charge in [-0.05, 0) is 29.8 Å². The Morgan fingerprint density at radius 2 is 1.96 bits per heavy atom. The molecular weight excluding hydrogens is 366 g/mol. The molecule has 0 bridgehead atoms. The second-order valence-electron chi connectivity index (χ2n) is 5.92. The van der Waals surface area contributed by atoms with Crippen LogP contribution in [-0.4, -0.2) is 20.7 Å². The van der Waals surface area contributed by atoms with Crippen LogP contribution in [0, 0.1) is 10.1 Å². The van der Waals surface area contributed by atoms with E-state index >= 15 is 0 Å². The minimum absolute atomic E-state index is 0.0491. The number of halogens is 1. The third-order valence-electron chi connectivity index (χ3n) is 4.26. The highest BCUT2D eigenvalue weighted by Gasteiger charge is 2.14. The minimum Gasteiger partial charge on any atom is -0.353 e. The molecule has 0 saturated heterocycles. The molecule has 2 heterocycles. The number of nitro groups is 1. The van der Waals surface area contributed by atoms with Crippen LogP contribution in [0.2, 0.25) is 5.02 Å². The Morgan fingerprint density at radius 3 is 2.78 bits per heavy atom. The maximum atomic E-state index is 12.7. The molecule has 0 atom stereocenters. The highest BCUT2D eigenvalue weighted by molar-refractivity contribution is 6.32. The summed E-state index contributed by atoms with van der Waals surface area (Å²) in [5, 5.41) is 13.0. The van der Waals surface area contributed by atoms with E-state index in [1.807, 2.05) is 30.3 Å². The predicted molar refractivity (Wildman–Crippen MR) is 105 cm³/mol. The number of benzene rings is 2. The van der Waals surface area contributed by atoms with Gasteiger partial charge in [-0.2, -0.15) is 0 Å². The fourth-order valence-electron chi connectivity index (χ4n) is 2.99. The van der Waals surface area contributed by atoms with E-state index in [4.69, 9.17) is 11.6 Å². The third kappa shape index (κ3) is 3.07. The van der Waals surface area contributed by atoms with Gasteiger partial charge < -0.3 is 4.98 Å². The zero-order chi connectivity index (χ0) is 19.0. The number of aromatic amines is 1. The van der Waals surface area contributed by atoms with Crippen LogP contribution in [0.15, 0.2) is 60.8 Å². The number of para-hydroxylation sites is 1. The lowest BCUT2D eigenvalue weighted by Gasteiger charge is -1.99.